The lowest BCUT2D eigenvalue weighted by atomic mass is 9.90. The third-order valence-electron chi connectivity index (χ3n) is 5.82. The number of aromatic nitrogens is 5. The molecule has 0 saturated carbocycles. The fraction of sp³-hybridized carbons (Fsp3) is 0.409. The van der Waals surface area contributed by atoms with Crippen LogP contribution in [0.3, 0.4) is 0 Å². The van der Waals surface area contributed by atoms with Crippen molar-refractivity contribution in [3.63, 3.8) is 0 Å². The van der Waals surface area contributed by atoms with E-state index in [0.717, 1.165) is 37.6 Å². The second kappa shape index (κ2) is 7.16. The van der Waals surface area contributed by atoms with E-state index in [4.69, 9.17) is 16.6 Å². The van der Waals surface area contributed by atoms with E-state index in [2.05, 4.69) is 39.8 Å². The van der Waals surface area contributed by atoms with Crippen LogP contribution in [0.1, 0.15) is 25.1 Å². The van der Waals surface area contributed by atoms with Crippen LogP contribution in [0, 0.1) is 11.3 Å². The molecule has 2 aliphatic rings. The molecule has 7 nitrogen and oxygen atoms in total. The highest BCUT2D eigenvalue weighted by molar-refractivity contribution is 6.29. The third kappa shape index (κ3) is 3.58. The Balaban J connectivity index is 1.49. The number of hydrogen-bond acceptors (Lipinski definition) is 6. The van der Waals surface area contributed by atoms with Crippen LogP contribution in [-0.2, 0) is 19.4 Å². The van der Waals surface area contributed by atoms with Gasteiger partial charge < -0.3 is 4.90 Å². The molecule has 3 aromatic rings. The Labute approximate surface area is 179 Å². The second-order valence-corrected chi connectivity index (χ2v) is 9.41. The van der Waals surface area contributed by atoms with E-state index in [0.29, 0.717) is 29.0 Å². The first-order valence-corrected chi connectivity index (χ1v) is 10.5. The van der Waals surface area contributed by atoms with E-state index >= 15 is 0 Å². The van der Waals surface area contributed by atoms with Crippen molar-refractivity contribution >= 4 is 17.5 Å². The fourth-order valence-corrected chi connectivity index (χ4v) is 4.80. The normalized spacial score (nSPS) is 19.4. The number of fused-ring (bicyclic) bond motifs is 2. The van der Waals surface area contributed by atoms with Crippen LogP contribution >= 0.6 is 11.6 Å². The van der Waals surface area contributed by atoms with Gasteiger partial charge in [0.15, 0.2) is 0 Å². The summed E-state index contributed by atoms with van der Waals surface area (Å²) in [6.07, 6.45) is 4.99. The van der Waals surface area contributed by atoms with Crippen LogP contribution in [0.2, 0.25) is 5.15 Å². The average molecular weight is 423 g/mol. The number of pyridine rings is 1. The first-order valence-electron chi connectivity index (χ1n) is 10.2. The molecule has 0 radical (unpaired) electrons. The lowest BCUT2D eigenvalue weighted by molar-refractivity contribution is 0.268. The minimum absolute atomic E-state index is 0.0258. The molecule has 3 aromatic heterocycles. The molecule has 0 aromatic carbocycles. The van der Waals surface area contributed by atoms with Gasteiger partial charge >= 0.3 is 0 Å². The Morgan fingerprint density at radius 2 is 2.00 bits per heavy atom. The van der Waals surface area contributed by atoms with Gasteiger partial charge in [0.1, 0.15) is 11.5 Å². The van der Waals surface area contributed by atoms with Gasteiger partial charge in [-0.15, -0.1) is 0 Å². The van der Waals surface area contributed by atoms with Gasteiger partial charge in [-0.25, -0.2) is 19.9 Å². The first-order chi connectivity index (χ1) is 14.4. The minimum atomic E-state index is -0.0467. The van der Waals surface area contributed by atoms with Crippen molar-refractivity contribution in [1.82, 2.24) is 24.5 Å². The van der Waals surface area contributed by atoms with Crippen molar-refractivity contribution in [2.45, 2.75) is 33.2 Å². The van der Waals surface area contributed by atoms with Gasteiger partial charge in [-0.3, -0.25) is 9.36 Å². The average Bonchev–Trinajstić information content (AvgIpc) is 3.10. The molecule has 8 heteroatoms. The summed E-state index contributed by atoms with van der Waals surface area (Å²) in [7, 11) is 0. The van der Waals surface area contributed by atoms with Gasteiger partial charge in [-0.2, -0.15) is 0 Å². The van der Waals surface area contributed by atoms with E-state index < -0.39 is 0 Å². The van der Waals surface area contributed by atoms with Crippen molar-refractivity contribution < 1.29 is 0 Å². The van der Waals surface area contributed by atoms with E-state index in [1.165, 1.54) is 11.9 Å². The third-order valence-corrected chi connectivity index (χ3v) is 6.03. The summed E-state index contributed by atoms with van der Waals surface area (Å²) in [5.41, 5.74) is 3.52. The van der Waals surface area contributed by atoms with Crippen molar-refractivity contribution in [3.8, 4) is 11.4 Å². The summed E-state index contributed by atoms with van der Waals surface area (Å²) in [6.45, 7) is 6.69. The van der Waals surface area contributed by atoms with Crippen LogP contribution in [0.5, 0.6) is 0 Å². The Hall–Kier alpha value is -2.80. The predicted octanol–water partition coefficient (Wildman–Crippen LogP) is 3.01. The maximum atomic E-state index is 13.0. The molecule has 1 unspecified atom stereocenters. The zero-order valence-corrected chi connectivity index (χ0v) is 17.8. The van der Waals surface area contributed by atoms with E-state index in [9.17, 15) is 4.79 Å². The SMILES string of the molecule is CC1(C)CN(CC2Cc3ccc(Cl)nc3C2)c2nc(-c3ccncn3)cc(=O)n2C1. The largest absolute Gasteiger partial charge is 0.341 e. The molecule has 0 amide bonds. The molecule has 0 fully saturated rings. The van der Waals surface area contributed by atoms with Crippen LogP contribution in [-0.4, -0.2) is 37.6 Å². The molecule has 5 rings (SSSR count). The highest BCUT2D eigenvalue weighted by Crippen LogP contribution is 2.33. The van der Waals surface area contributed by atoms with Crippen molar-refractivity contribution in [1.29, 1.82) is 0 Å². The van der Waals surface area contributed by atoms with Crippen molar-refractivity contribution in [2.75, 3.05) is 18.0 Å². The summed E-state index contributed by atoms with van der Waals surface area (Å²) < 4.78 is 1.80. The Morgan fingerprint density at radius 3 is 2.80 bits per heavy atom. The lowest BCUT2D eigenvalue weighted by Gasteiger charge is -2.41. The highest BCUT2D eigenvalue weighted by atomic mass is 35.5. The maximum Gasteiger partial charge on any atom is 0.255 e. The van der Waals surface area contributed by atoms with Crippen molar-refractivity contribution in [2.24, 2.45) is 11.3 Å². The molecule has 1 aliphatic heterocycles. The Kier molecular flexibility index (Phi) is 4.58. The zero-order valence-electron chi connectivity index (χ0n) is 17.0. The Bertz CT molecular complexity index is 1160. The summed E-state index contributed by atoms with van der Waals surface area (Å²) in [6, 6.07) is 7.29. The molecule has 0 spiro atoms. The molecular weight excluding hydrogens is 400 g/mol. The standard InChI is InChI=1S/C22H23ClN6O/c1-22(2)11-28(10-14-7-15-3-4-19(23)26-17(15)8-14)21-27-18(9-20(30)29(21)12-22)16-5-6-24-13-25-16/h3-6,9,13-14H,7-8,10-12H2,1-2H3. The smallest absolute Gasteiger partial charge is 0.255 e. The molecule has 0 N–H and O–H groups in total. The predicted molar refractivity (Wildman–Crippen MR) is 116 cm³/mol. The minimum Gasteiger partial charge on any atom is -0.341 e. The van der Waals surface area contributed by atoms with Crippen LogP contribution < -0.4 is 10.5 Å². The number of rotatable bonds is 3. The van der Waals surface area contributed by atoms with Gasteiger partial charge in [-0.1, -0.05) is 31.5 Å². The number of anilines is 1. The summed E-state index contributed by atoms with van der Waals surface area (Å²) in [4.78, 5) is 32.8. The van der Waals surface area contributed by atoms with Gasteiger partial charge in [0.2, 0.25) is 5.95 Å². The second-order valence-electron chi connectivity index (χ2n) is 9.02. The lowest BCUT2D eigenvalue weighted by Crippen LogP contribution is -2.49. The molecule has 0 saturated heterocycles. The monoisotopic (exact) mass is 422 g/mol. The van der Waals surface area contributed by atoms with E-state index in [-0.39, 0.29) is 11.0 Å². The summed E-state index contributed by atoms with van der Waals surface area (Å²) in [5.74, 6) is 1.13. The summed E-state index contributed by atoms with van der Waals surface area (Å²) in [5, 5.41) is 0.543. The van der Waals surface area contributed by atoms with E-state index in [1.54, 1.807) is 22.9 Å². The summed E-state index contributed by atoms with van der Waals surface area (Å²) >= 11 is 6.08. The molecule has 154 valence electrons. The zero-order chi connectivity index (χ0) is 20.9. The Morgan fingerprint density at radius 1 is 1.13 bits per heavy atom. The molecule has 1 atom stereocenters. The van der Waals surface area contributed by atoms with Gasteiger partial charge in [-0.05, 0) is 36.5 Å². The van der Waals surface area contributed by atoms with Crippen molar-refractivity contribution in [3.05, 3.63) is 63.6 Å². The molecule has 0 bridgehead atoms. The molecule has 4 heterocycles. The first kappa shape index (κ1) is 19.2. The quantitative estimate of drug-likeness (QED) is 0.604. The fourth-order valence-electron chi connectivity index (χ4n) is 4.63. The number of nitrogens with zero attached hydrogens (tertiary/aromatic N) is 6. The molecular formula is C22H23ClN6O. The number of hydrogen-bond donors (Lipinski definition) is 0. The number of halogens is 1. The van der Waals surface area contributed by atoms with E-state index in [1.807, 2.05) is 6.07 Å². The maximum absolute atomic E-state index is 13.0. The topological polar surface area (TPSA) is 76.8 Å². The molecule has 1 aliphatic carbocycles. The van der Waals surface area contributed by atoms with Gasteiger partial charge in [0, 0.05) is 43.0 Å². The highest BCUT2D eigenvalue weighted by Gasteiger charge is 2.35. The van der Waals surface area contributed by atoms with Crippen LogP contribution in [0.4, 0.5) is 5.95 Å². The molecule has 30 heavy (non-hydrogen) atoms. The van der Waals surface area contributed by atoms with Crippen LogP contribution in [0.15, 0.2) is 41.6 Å². The van der Waals surface area contributed by atoms with Gasteiger partial charge in [0.05, 0.1) is 11.4 Å². The van der Waals surface area contributed by atoms with Crippen LogP contribution in [0.25, 0.3) is 11.4 Å². The van der Waals surface area contributed by atoms with Gasteiger partial charge in [0.25, 0.3) is 5.56 Å².